The number of esters is 1. The number of nitro benzene ring substituents is 1. The molecule has 0 N–H and O–H groups in total. The van der Waals surface area contributed by atoms with E-state index in [1.54, 1.807) is 12.1 Å². The molecule has 0 radical (unpaired) electrons. The number of ether oxygens (including phenoxy) is 1. The predicted octanol–water partition coefficient (Wildman–Crippen LogP) is 4.05. The van der Waals surface area contributed by atoms with Gasteiger partial charge in [-0.1, -0.05) is 23.8 Å². The molecule has 2 aromatic rings. The number of aryl methyl sites for hydroxylation is 2. The quantitative estimate of drug-likeness (QED) is 0.346. The van der Waals surface area contributed by atoms with Crippen LogP contribution in [0.3, 0.4) is 0 Å². The molecule has 6 heteroatoms. The van der Waals surface area contributed by atoms with Crippen molar-refractivity contribution in [2.45, 2.75) is 25.3 Å². The lowest BCUT2D eigenvalue weighted by Crippen LogP contribution is -2.08. The van der Waals surface area contributed by atoms with Gasteiger partial charge in [-0.25, -0.2) is 0 Å². The average molecular weight is 331 g/mol. The van der Waals surface area contributed by atoms with Crippen molar-refractivity contribution in [2.24, 2.45) is 0 Å². The Kier molecular flexibility index (Phi) is 5.76. The van der Waals surface area contributed by atoms with Crippen molar-refractivity contribution in [3.05, 3.63) is 69.3 Å². The number of hydrogen-bond donors (Lipinski definition) is 0. The third-order valence-electron chi connectivity index (χ3n) is 3.30. The number of rotatable bonds is 6. The van der Waals surface area contributed by atoms with Crippen LogP contribution in [0.25, 0.3) is 0 Å². The zero-order chi connectivity index (χ0) is 16.8. The van der Waals surface area contributed by atoms with Crippen LogP contribution in [0.15, 0.2) is 47.4 Å². The highest BCUT2D eigenvalue weighted by Crippen LogP contribution is 2.21. The molecule has 0 amide bonds. The monoisotopic (exact) mass is 331 g/mol. The summed E-state index contributed by atoms with van der Waals surface area (Å²) in [7, 11) is 0. The largest absolute Gasteiger partial charge is 0.460 e. The fraction of sp³-hybridized carbons (Fsp3) is 0.235. The molecule has 0 aliphatic carbocycles. The van der Waals surface area contributed by atoms with E-state index in [4.69, 9.17) is 4.74 Å². The van der Waals surface area contributed by atoms with Crippen molar-refractivity contribution in [2.75, 3.05) is 5.75 Å². The topological polar surface area (TPSA) is 69.4 Å². The Morgan fingerprint density at radius 2 is 1.87 bits per heavy atom. The second kappa shape index (κ2) is 7.78. The van der Waals surface area contributed by atoms with E-state index >= 15 is 0 Å². The first-order valence-corrected chi connectivity index (χ1v) is 8.03. The number of nitrogens with zero attached hydrogens (tertiary/aromatic N) is 1. The summed E-state index contributed by atoms with van der Waals surface area (Å²) in [6, 6.07) is 12.1. The second-order valence-electron chi connectivity index (χ2n) is 5.13. The van der Waals surface area contributed by atoms with Crippen LogP contribution in [-0.4, -0.2) is 16.6 Å². The van der Waals surface area contributed by atoms with Crippen LogP contribution in [0.2, 0.25) is 0 Å². The number of thioether (sulfide) groups is 1. The number of non-ortho nitro benzene ring substituents is 1. The van der Waals surface area contributed by atoms with Crippen molar-refractivity contribution in [1.82, 2.24) is 0 Å². The zero-order valence-corrected chi connectivity index (χ0v) is 13.8. The average Bonchev–Trinajstić information content (AvgIpc) is 2.54. The molecule has 0 bridgehead atoms. The van der Waals surface area contributed by atoms with Gasteiger partial charge < -0.3 is 4.74 Å². The maximum absolute atomic E-state index is 11.8. The molecule has 0 fully saturated rings. The zero-order valence-electron chi connectivity index (χ0n) is 12.9. The number of carbonyl (C=O) groups is 1. The first-order valence-electron chi connectivity index (χ1n) is 7.04. The van der Waals surface area contributed by atoms with Gasteiger partial charge in [0.2, 0.25) is 0 Å². The van der Waals surface area contributed by atoms with Gasteiger partial charge in [0.05, 0.1) is 10.7 Å². The Morgan fingerprint density at radius 3 is 2.52 bits per heavy atom. The predicted molar refractivity (Wildman–Crippen MR) is 89.5 cm³/mol. The summed E-state index contributed by atoms with van der Waals surface area (Å²) in [5.41, 5.74) is 3.25. The molecule has 0 saturated carbocycles. The second-order valence-corrected chi connectivity index (χ2v) is 6.18. The lowest BCUT2D eigenvalue weighted by Gasteiger charge is -2.08. The SMILES string of the molecule is Cc1ccc(C)c(COC(=O)CSc2ccc([N+](=O)[O-])cc2)c1. The Bertz CT molecular complexity index is 713. The van der Waals surface area contributed by atoms with Crippen molar-refractivity contribution in [1.29, 1.82) is 0 Å². The molecule has 0 aliphatic heterocycles. The standard InChI is InChI=1S/C17H17NO4S/c1-12-3-4-13(2)14(9-12)10-22-17(19)11-23-16-7-5-15(6-8-16)18(20)21/h3-9H,10-11H2,1-2H3. The van der Waals surface area contributed by atoms with E-state index in [2.05, 4.69) is 0 Å². The van der Waals surface area contributed by atoms with Gasteiger partial charge in [-0.15, -0.1) is 11.8 Å². The maximum Gasteiger partial charge on any atom is 0.316 e. The Balaban J connectivity index is 1.83. The molecule has 5 nitrogen and oxygen atoms in total. The molecule has 120 valence electrons. The highest BCUT2D eigenvalue weighted by molar-refractivity contribution is 8.00. The summed E-state index contributed by atoms with van der Waals surface area (Å²) in [6.45, 7) is 4.23. The normalized spacial score (nSPS) is 10.3. The molecule has 23 heavy (non-hydrogen) atoms. The molecular weight excluding hydrogens is 314 g/mol. The van der Waals surface area contributed by atoms with Crippen LogP contribution in [0.4, 0.5) is 5.69 Å². The van der Waals surface area contributed by atoms with Gasteiger partial charge in [0, 0.05) is 17.0 Å². The number of hydrogen-bond acceptors (Lipinski definition) is 5. The molecule has 0 heterocycles. The van der Waals surface area contributed by atoms with Gasteiger partial charge in [0.25, 0.3) is 5.69 Å². The maximum atomic E-state index is 11.8. The van der Waals surface area contributed by atoms with Gasteiger partial charge in [-0.05, 0) is 37.1 Å². The Labute approximate surface area is 138 Å². The van der Waals surface area contributed by atoms with Gasteiger partial charge >= 0.3 is 5.97 Å². The van der Waals surface area contributed by atoms with Gasteiger partial charge in [-0.2, -0.15) is 0 Å². The van der Waals surface area contributed by atoms with Crippen LogP contribution >= 0.6 is 11.8 Å². The Morgan fingerprint density at radius 1 is 1.17 bits per heavy atom. The Hall–Kier alpha value is -2.34. The third kappa shape index (κ3) is 5.10. The first kappa shape index (κ1) is 17.0. The number of carbonyl (C=O) groups excluding carboxylic acids is 1. The van der Waals surface area contributed by atoms with Gasteiger partial charge in [0.1, 0.15) is 6.61 Å². The summed E-state index contributed by atoms with van der Waals surface area (Å²) < 4.78 is 5.28. The molecule has 0 atom stereocenters. The van der Waals surface area contributed by atoms with Crippen LogP contribution in [0.1, 0.15) is 16.7 Å². The highest BCUT2D eigenvalue weighted by Gasteiger charge is 2.08. The van der Waals surface area contributed by atoms with Crippen molar-refractivity contribution in [3.63, 3.8) is 0 Å². The molecule has 0 aliphatic rings. The van der Waals surface area contributed by atoms with Crippen LogP contribution in [0.5, 0.6) is 0 Å². The summed E-state index contributed by atoms with van der Waals surface area (Å²) >= 11 is 1.29. The first-order chi connectivity index (χ1) is 11.0. The minimum absolute atomic E-state index is 0.0341. The molecule has 0 aromatic heterocycles. The summed E-state index contributed by atoms with van der Waals surface area (Å²) in [4.78, 5) is 22.7. The molecule has 2 aromatic carbocycles. The molecule has 0 saturated heterocycles. The molecule has 2 rings (SSSR count). The fourth-order valence-electron chi connectivity index (χ4n) is 1.96. The van der Waals surface area contributed by atoms with Crippen LogP contribution in [0, 0.1) is 24.0 Å². The summed E-state index contributed by atoms with van der Waals surface area (Å²) in [6.07, 6.45) is 0. The summed E-state index contributed by atoms with van der Waals surface area (Å²) in [5, 5.41) is 10.6. The number of benzene rings is 2. The van der Waals surface area contributed by atoms with E-state index in [9.17, 15) is 14.9 Å². The summed E-state index contributed by atoms with van der Waals surface area (Å²) in [5.74, 6) is -0.142. The minimum Gasteiger partial charge on any atom is -0.460 e. The van der Waals surface area contributed by atoms with E-state index in [0.717, 1.165) is 21.6 Å². The van der Waals surface area contributed by atoms with E-state index in [0.29, 0.717) is 0 Å². The van der Waals surface area contributed by atoms with E-state index in [-0.39, 0.29) is 24.0 Å². The third-order valence-corrected chi connectivity index (χ3v) is 4.28. The lowest BCUT2D eigenvalue weighted by molar-refractivity contribution is -0.384. The number of nitro groups is 1. The van der Waals surface area contributed by atoms with E-state index in [1.165, 1.54) is 23.9 Å². The van der Waals surface area contributed by atoms with E-state index < -0.39 is 4.92 Å². The lowest BCUT2D eigenvalue weighted by atomic mass is 10.1. The van der Waals surface area contributed by atoms with E-state index in [1.807, 2.05) is 32.0 Å². The van der Waals surface area contributed by atoms with Crippen molar-refractivity contribution in [3.8, 4) is 0 Å². The molecular formula is C17H17NO4S. The van der Waals surface area contributed by atoms with Crippen LogP contribution < -0.4 is 0 Å². The fourth-order valence-corrected chi connectivity index (χ4v) is 2.66. The van der Waals surface area contributed by atoms with Crippen molar-refractivity contribution >= 4 is 23.4 Å². The van der Waals surface area contributed by atoms with Gasteiger partial charge in [0.15, 0.2) is 0 Å². The van der Waals surface area contributed by atoms with Crippen LogP contribution in [-0.2, 0) is 16.1 Å². The smallest absolute Gasteiger partial charge is 0.316 e. The molecule has 0 spiro atoms. The highest BCUT2D eigenvalue weighted by atomic mass is 32.2. The van der Waals surface area contributed by atoms with Gasteiger partial charge in [-0.3, -0.25) is 14.9 Å². The van der Waals surface area contributed by atoms with Crippen molar-refractivity contribution < 1.29 is 14.5 Å². The molecule has 0 unspecified atom stereocenters. The minimum atomic E-state index is -0.451.